The third-order valence-corrected chi connectivity index (χ3v) is 11.3. The minimum atomic E-state index is -2.22. The zero-order valence-corrected chi connectivity index (χ0v) is 38.1. The van der Waals surface area contributed by atoms with Crippen LogP contribution in [0.15, 0.2) is 83.7 Å². The fourth-order valence-electron chi connectivity index (χ4n) is 6.97. The molecular formula is C49H56IrN4OSi-2. The van der Waals surface area contributed by atoms with E-state index in [1.54, 1.807) is 6.07 Å². The maximum absolute atomic E-state index is 8.75. The topological polar surface area (TPSA) is 64.7 Å². The Morgan fingerprint density at radius 1 is 0.768 bits per heavy atom. The van der Waals surface area contributed by atoms with Crippen LogP contribution in [-0.2, 0) is 32.9 Å². The third kappa shape index (κ3) is 10.2. The minimum absolute atomic E-state index is 0. The molecule has 0 N–H and O–H groups in total. The van der Waals surface area contributed by atoms with E-state index >= 15 is 0 Å². The van der Waals surface area contributed by atoms with Gasteiger partial charge in [0.1, 0.15) is 0 Å². The smallest absolute Gasteiger partial charge is 0.216 e. The fraction of sp³-hybridized carbons (Fsp3) is 0.347. The van der Waals surface area contributed by atoms with Gasteiger partial charge in [0.15, 0.2) is 0 Å². The van der Waals surface area contributed by atoms with Crippen molar-refractivity contribution in [2.45, 2.75) is 102 Å². The van der Waals surface area contributed by atoms with Gasteiger partial charge in [0, 0.05) is 73.5 Å². The van der Waals surface area contributed by atoms with Gasteiger partial charge in [-0.05, 0) is 91.1 Å². The van der Waals surface area contributed by atoms with Gasteiger partial charge in [0.25, 0.3) is 0 Å². The van der Waals surface area contributed by atoms with Crippen LogP contribution in [0.3, 0.4) is 0 Å². The number of benzene rings is 2. The molecule has 0 saturated carbocycles. The standard InChI is InChI=1S/C30H30N3O.C19H26NSi.Ir/c1-17-10-19(3)33-20(4)28(17)23-12-25-24-11-21(8-9-27(24)34-29(25)32-16-23)26-13-22(14-30(5,6)7)18(2)15-31-26;1-19(2,3)13-16-12-17(15-10-8-7-9-11-15)20-14-18(16)21(4,5)6;/h9-13,15-16H,14H2,1-7H3;7-10,12,14H,13H2,1-6H3;/q2*-1;/i2D3;13D2;. The van der Waals surface area contributed by atoms with Gasteiger partial charge < -0.3 is 14.4 Å². The molecule has 293 valence electrons. The minimum Gasteiger partial charge on any atom is -0.486 e. The summed E-state index contributed by atoms with van der Waals surface area (Å²) in [4.78, 5) is 18.4. The Morgan fingerprint density at radius 3 is 2.12 bits per heavy atom. The predicted octanol–water partition coefficient (Wildman–Crippen LogP) is 12.4. The Labute approximate surface area is 356 Å². The van der Waals surface area contributed by atoms with Crippen LogP contribution in [0.1, 0.15) is 82.0 Å². The van der Waals surface area contributed by atoms with E-state index in [1.165, 1.54) is 6.20 Å². The second kappa shape index (κ2) is 16.7. The molecule has 5 aromatic heterocycles. The molecule has 0 saturated heterocycles. The zero-order chi connectivity index (χ0) is 44.2. The van der Waals surface area contributed by atoms with Crippen LogP contribution in [0.2, 0.25) is 19.6 Å². The summed E-state index contributed by atoms with van der Waals surface area (Å²) in [7, 11) is -1.70. The first-order valence-electron chi connectivity index (χ1n) is 21.4. The van der Waals surface area contributed by atoms with Crippen LogP contribution in [0.4, 0.5) is 0 Å². The summed E-state index contributed by atoms with van der Waals surface area (Å²) in [5, 5.41) is 2.90. The van der Waals surface area contributed by atoms with Crippen molar-refractivity contribution < 1.29 is 31.4 Å². The number of aromatic nitrogens is 4. The van der Waals surface area contributed by atoms with Crippen LogP contribution < -0.4 is 5.19 Å². The van der Waals surface area contributed by atoms with Crippen molar-refractivity contribution in [3.63, 3.8) is 0 Å². The second-order valence-corrected chi connectivity index (χ2v) is 22.9. The number of pyridine rings is 4. The maximum atomic E-state index is 8.75. The summed E-state index contributed by atoms with van der Waals surface area (Å²) in [6, 6.07) is 26.0. The SMILES string of the molecule is [2H]C([2H])([2H])c1cnc(-c2[c-]cc3oc4ncc(-c5c(C)cc(C)nc5C)cc4c3c2)cc1CC(C)(C)C.[2H]C([2H])(c1cc(-c2[c-]cccc2)ncc1[Si](C)(C)C)C(C)(C)C.[Ir]. The molecule has 7 aromatic rings. The van der Waals surface area contributed by atoms with Gasteiger partial charge in [-0.15, -0.1) is 59.7 Å². The van der Waals surface area contributed by atoms with Gasteiger partial charge in [-0.3, -0.25) is 4.98 Å². The van der Waals surface area contributed by atoms with E-state index in [2.05, 4.69) is 91.5 Å². The summed E-state index contributed by atoms with van der Waals surface area (Å²) in [5.41, 5.74) is 10.9. The number of fused-ring (bicyclic) bond motifs is 3. The van der Waals surface area contributed by atoms with Crippen molar-refractivity contribution in [2.75, 3.05) is 0 Å². The van der Waals surface area contributed by atoms with Gasteiger partial charge in [-0.25, -0.2) is 4.98 Å². The largest absolute Gasteiger partial charge is 0.486 e. The van der Waals surface area contributed by atoms with E-state index in [9.17, 15) is 0 Å². The molecule has 7 heteroatoms. The van der Waals surface area contributed by atoms with Crippen molar-refractivity contribution in [3.8, 4) is 33.6 Å². The molecule has 0 atom stereocenters. The summed E-state index contributed by atoms with van der Waals surface area (Å²) in [6.45, 7) is 22.8. The zero-order valence-electron chi connectivity index (χ0n) is 39.7. The van der Waals surface area contributed by atoms with Gasteiger partial charge >= 0.3 is 0 Å². The van der Waals surface area contributed by atoms with Gasteiger partial charge in [-0.2, -0.15) is 0 Å². The Bertz CT molecular complexity index is 2670. The van der Waals surface area contributed by atoms with Gasteiger partial charge in [0.2, 0.25) is 5.71 Å². The van der Waals surface area contributed by atoms with Crippen LogP contribution >= 0.6 is 0 Å². The van der Waals surface area contributed by atoms with Crippen LogP contribution in [0.5, 0.6) is 0 Å². The second-order valence-electron chi connectivity index (χ2n) is 17.8. The number of hydrogen-bond donors (Lipinski definition) is 0. The molecule has 5 heterocycles. The maximum Gasteiger partial charge on any atom is 0.216 e. The molecule has 0 unspecified atom stereocenters. The van der Waals surface area contributed by atoms with Crippen molar-refractivity contribution >= 4 is 35.3 Å². The summed E-state index contributed by atoms with van der Waals surface area (Å²) in [6.07, 6.45) is 4.42. The van der Waals surface area contributed by atoms with E-state index in [4.69, 9.17) is 11.3 Å². The molecule has 0 aliphatic rings. The molecule has 0 amide bonds. The van der Waals surface area contributed by atoms with Crippen molar-refractivity contribution in [1.29, 1.82) is 0 Å². The third-order valence-electron chi connectivity index (χ3n) is 9.27. The molecule has 0 bridgehead atoms. The Balaban J connectivity index is 0.000000253. The number of aryl methyl sites for hydroxylation is 4. The van der Waals surface area contributed by atoms with Crippen molar-refractivity contribution in [2.24, 2.45) is 10.8 Å². The van der Waals surface area contributed by atoms with E-state index in [-0.39, 0.29) is 25.5 Å². The monoisotopic (exact) mass is 942 g/mol. The fourth-order valence-corrected chi connectivity index (χ4v) is 8.37. The van der Waals surface area contributed by atoms with Crippen LogP contribution in [0, 0.1) is 50.6 Å². The first-order chi connectivity index (χ1) is 27.7. The van der Waals surface area contributed by atoms with E-state index in [0.717, 1.165) is 72.0 Å². The number of rotatable bonds is 6. The van der Waals surface area contributed by atoms with Crippen molar-refractivity contribution in [3.05, 3.63) is 125 Å². The molecule has 0 spiro atoms. The molecule has 2 aromatic carbocycles. The summed E-state index contributed by atoms with van der Waals surface area (Å²) >= 11 is 0. The number of furan rings is 1. The number of hydrogen-bond acceptors (Lipinski definition) is 5. The van der Waals surface area contributed by atoms with Gasteiger partial charge in [-0.1, -0.05) is 89.8 Å². The molecular weight excluding hydrogens is 881 g/mol. The summed E-state index contributed by atoms with van der Waals surface area (Å²) < 4.78 is 47.4. The molecule has 1 radical (unpaired) electrons. The van der Waals surface area contributed by atoms with E-state index in [0.29, 0.717) is 29.0 Å². The van der Waals surface area contributed by atoms with Crippen molar-refractivity contribution in [1.82, 2.24) is 19.9 Å². The summed E-state index contributed by atoms with van der Waals surface area (Å²) in [5.74, 6) is 0. The molecule has 0 fully saturated rings. The normalized spacial score (nSPS) is 13.8. The first kappa shape index (κ1) is 36.1. The quantitative estimate of drug-likeness (QED) is 0.123. The van der Waals surface area contributed by atoms with E-state index in [1.807, 2.05) is 89.5 Å². The average Bonchev–Trinajstić information content (AvgIpc) is 3.50. The number of nitrogens with zero attached hydrogens (tertiary/aromatic N) is 4. The van der Waals surface area contributed by atoms with Crippen LogP contribution in [-0.4, -0.2) is 28.0 Å². The predicted molar refractivity (Wildman–Crippen MR) is 234 cm³/mol. The molecule has 0 aliphatic heterocycles. The molecule has 0 aliphatic carbocycles. The molecule has 7 rings (SSSR count). The average molecular weight is 942 g/mol. The Morgan fingerprint density at radius 2 is 1.48 bits per heavy atom. The molecule has 5 nitrogen and oxygen atoms in total. The molecule has 56 heavy (non-hydrogen) atoms. The Kier molecular flexibility index (Phi) is 10.7. The van der Waals surface area contributed by atoms with Crippen LogP contribution in [0.25, 0.3) is 55.7 Å². The van der Waals surface area contributed by atoms with E-state index < -0.39 is 26.7 Å². The first-order valence-corrected chi connectivity index (χ1v) is 22.4. The van der Waals surface area contributed by atoms with Gasteiger partial charge in [0.05, 0.1) is 13.7 Å². The Hall–Kier alpha value is -4.29.